The van der Waals surface area contributed by atoms with Crippen LogP contribution >= 0.6 is 0 Å². The van der Waals surface area contributed by atoms with Gasteiger partial charge in [0, 0.05) is 28.9 Å². The van der Waals surface area contributed by atoms with Gasteiger partial charge in [-0.05, 0) is 131 Å². The SMILES string of the molecule is C1=CC2C=C(c3cccc(N(c4ccc(-c5cc6ccccc6c6ccccc56)cc4)c4ccc5c(c4)-c4ccccc4C5(c4ccccc4)c4ccccc4)c3)c3ccccc3[C@H]2C=C1. The van der Waals surface area contributed by atoms with Crippen molar-refractivity contribution in [3.63, 3.8) is 0 Å². The summed E-state index contributed by atoms with van der Waals surface area (Å²) in [5.41, 5.74) is 18.1. The minimum atomic E-state index is -0.469. The maximum Gasteiger partial charge on any atom is 0.0713 e. The molecule has 0 fully saturated rings. The standard InChI is InChI=1S/C65H45N/c1-3-21-48(22-4-1)65(49-23-5-2-6-24-49)63-33-16-15-32-59(63)62-43-52(38-39-64(62)65)66(50-36-34-44(35-37-50)60-41-46-18-7-9-26-53(46)55-28-11-13-30-57(55)60)51-25-17-20-45(40-51)61-42-47-19-8-10-27-54(47)56-29-12-14-31-58(56)61/h1-43,47,54H/t47?,54-/m0/s1. The van der Waals surface area contributed by atoms with Crippen LogP contribution in [0.1, 0.15) is 44.9 Å². The van der Waals surface area contributed by atoms with E-state index < -0.39 is 5.41 Å². The van der Waals surface area contributed by atoms with Gasteiger partial charge in [-0.1, -0.05) is 218 Å². The van der Waals surface area contributed by atoms with Gasteiger partial charge >= 0.3 is 0 Å². The third kappa shape index (κ3) is 5.94. The quantitative estimate of drug-likeness (QED) is 0.145. The van der Waals surface area contributed by atoms with Crippen LogP contribution in [0.5, 0.6) is 0 Å². The maximum absolute atomic E-state index is 2.48. The number of allylic oxidation sites excluding steroid dienone is 5. The van der Waals surface area contributed by atoms with Gasteiger partial charge in [-0.15, -0.1) is 0 Å². The number of benzene rings is 10. The largest absolute Gasteiger partial charge is 0.310 e. The summed E-state index contributed by atoms with van der Waals surface area (Å²) in [6.45, 7) is 0. The lowest BCUT2D eigenvalue weighted by atomic mass is 9.68. The number of rotatable bonds is 7. The van der Waals surface area contributed by atoms with E-state index in [1.54, 1.807) is 0 Å². The normalized spacial score (nSPS) is 16.3. The minimum absolute atomic E-state index is 0.310. The molecule has 0 radical (unpaired) electrons. The molecule has 2 atom stereocenters. The monoisotopic (exact) mass is 839 g/mol. The first-order valence-corrected chi connectivity index (χ1v) is 23.2. The molecule has 3 aliphatic carbocycles. The van der Waals surface area contributed by atoms with Gasteiger partial charge in [0.25, 0.3) is 0 Å². The zero-order chi connectivity index (χ0) is 43.6. The molecule has 66 heavy (non-hydrogen) atoms. The fourth-order valence-corrected chi connectivity index (χ4v) is 11.6. The molecule has 13 rings (SSSR count). The Hall–Kier alpha value is -8.26. The first kappa shape index (κ1) is 38.2. The summed E-state index contributed by atoms with van der Waals surface area (Å²) in [5, 5.41) is 5.07. The summed E-state index contributed by atoms with van der Waals surface area (Å²) in [6.07, 6.45) is 11.6. The molecular formula is C65H45N. The van der Waals surface area contributed by atoms with Crippen molar-refractivity contribution in [1.82, 2.24) is 0 Å². The fraction of sp³-hybridized carbons (Fsp3) is 0.0462. The van der Waals surface area contributed by atoms with E-state index >= 15 is 0 Å². The lowest BCUT2D eigenvalue weighted by molar-refractivity contribution is 0.689. The topological polar surface area (TPSA) is 3.24 Å². The Balaban J connectivity index is 1.00. The van der Waals surface area contributed by atoms with Crippen molar-refractivity contribution in [3.8, 4) is 22.3 Å². The van der Waals surface area contributed by atoms with Gasteiger partial charge in [-0.3, -0.25) is 0 Å². The number of hydrogen-bond donors (Lipinski definition) is 0. The van der Waals surface area contributed by atoms with E-state index in [9.17, 15) is 0 Å². The van der Waals surface area contributed by atoms with Crippen molar-refractivity contribution in [2.45, 2.75) is 11.3 Å². The van der Waals surface area contributed by atoms with Crippen LogP contribution in [-0.2, 0) is 5.41 Å². The first-order chi connectivity index (χ1) is 32.7. The van der Waals surface area contributed by atoms with Crippen LogP contribution < -0.4 is 4.90 Å². The van der Waals surface area contributed by atoms with Crippen LogP contribution in [0.2, 0.25) is 0 Å². The second-order valence-corrected chi connectivity index (χ2v) is 17.9. The number of hydrogen-bond acceptors (Lipinski definition) is 1. The van der Waals surface area contributed by atoms with Crippen LogP contribution in [0.4, 0.5) is 17.1 Å². The van der Waals surface area contributed by atoms with E-state index in [1.165, 1.54) is 88.3 Å². The highest BCUT2D eigenvalue weighted by molar-refractivity contribution is 6.13. The van der Waals surface area contributed by atoms with E-state index in [2.05, 4.69) is 266 Å². The average Bonchev–Trinajstić information content (AvgIpc) is 3.69. The molecule has 3 aliphatic rings. The molecular weight excluding hydrogens is 795 g/mol. The minimum Gasteiger partial charge on any atom is -0.310 e. The van der Waals surface area contributed by atoms with E-state index in [4.69, 9.17) is 0 Å². The zero-order valence-corrected chi connectivity index (χ0v) is 36.4. The third-order valence-electron chi connectivity index (χ3n) is 14.5. The number of nitrogens with zero attached hydrogens (tertiary/aromatic N) is 1. The lowest BCUT2D eigenvalue weighted by Crippen LogP contribution is -2.28. The molecule has 1 heteroatoms. The Kier molecular flexibility index (Phi) is 8.96. The Labute approximate surface area is 386 Å². The molecule has 0 bridgehead atoms. The van der Waals surface area contributed by atoms with Crippen molar-refractivity contribution in [3.05, 3.63) is 300 Å². The van der Waals surface area contributed by atoms with Crippen LogP contribution in [0.25, 0.3) is 49.4 Å². The van der Waals surface area contributed by atoms with Gasteiger partial charge in [0.15, 0.2) is 0 Å². The highest BCUT2D eigenvalue weighted by Gasteiger charge is 2.46. The smallest absolute Gasteiger partial charge is 0.0713 e. The molecule has 0 aromatic heterocycles. The molecule has 1 unspecified atom stereocenters. The molecule has 310 valence electrons. The van der Waals surface area contributed by atoms with E-state index in [0.29, 0.717) is 11.8 Å². The highest BCUT2D eigenvalue weighted by atomic mass is 15.1. The number of anilines is 3. The fourth-order valence-electron chi connectivity index (χ4n) is 11.6. The molecule has 0 spiro atoms. The first-order valence-electron chi connectivity index (χ1n) is 23.2. The Morgan fingerprint density at radius 1 is 0.364 bits per heavy atom. The van der Waals surface area contributed by atoms with Gasteiger partial charge in [0.05, 0.1) is 5.41 Å². The predicted octanol–water partition coefficient (Wildman–Crippen LogP) is 16.8. The van der Waals surface area contributed by atoms with Gasteiger partial charge in [-0.2, -0.15) is 0 Å². The van der Waals surface area contributed by atoms with Crippen LogP contribution in [-0.4, -0.2) is 0 Å². The highest BCUT2D eigenvalue weighted by Crippen LogP contribution is 2.57. The summed E-state index contributed by atoms with van der Waals surface area (Å²) in [5.74, 6) is 0.658. The second-order valence-electron chi connectivity index (χ2n) is 17.9. The summed E-state index contributed by atoms with van der Waals surface area (Å²) < 4.78 is 0. The molecule has 0 N–H and O–H groups in total. The average molecular weight is 840 g/mol. The molecule has 0 aliphatic heterocycles. The van der Waals surface area contributed by atoms with Gasteiger partial charge in [0.2, 0.25) is 0 Å². The number of fused-ring (bicyclic) bond motifs is 9. The summed E-state index contributed by atoms with van der Waals surface area (Å²) in [4.78, 5) is 2.46. The van der Waals surface area contributed by atoms with Crippen LogP contribution in [0, 0.1) is 5.92 Å². The second kappa shape index (κ2) is 15.5. The van der Waals surface area contributed by atoms with Crippen LogP contribution in [0.3, 0.4) is 0 Å². The van der Waals surface area contributed by atoms with Crippen molar-refractivity contribution in [2.24, 2.45) is 5.92 Å². The molecule has 0 saturated carbocycles. The zero-order valence-electron chi connectivity index (χ0n) is 36.4. The summed E-state index contributed by atoms with van der Waals surface area (Å²) in [7, 11) is 0. The molecule has 0 heterocycles. The van der Waals surface area contributed by atoms with Gasteiger partial charge < -0.3 is 4.90 Å². The van der Waals surface area contributed by atoms with Crippen molar-refractivity contribution >= 4 is 44.2 Å². The van der Waals surface area contributed by atoms with Crippen molar-refractivity contribution in [1.29, 1.82) is 0 Å². The van der Waals surface area contributed by atoms with E-state index in [0.717, 1.165) is 17.1 Å². The van der Waals surface area contributed by atoms with Gasteiger partial charge in [-0.25, -0.2) is 0 Å². The lowest BCUT2D eigenvalue weighted by Gasteiger charge is -2.34. The van der Waals surface area contributed by atoms with Crippen molar-refractivity contribution < 1.29 is 0 Å². The summed E-state index contributed by atoms with van der Waals surface area (Å²) in [6, 6.07) is 85.7. The van der Waals surface area contributed by atoms with Gasteiger partial charge in [0.1, 0.15) is 0 Å². The Morgan fingerprint density at radius 3 is 1.79 bits per heavy atom. The Morgan fingerprint density at radius 2 is 0.985 bits per heavy atom. The van der Waals surface area contributed by atoms with Crippen LogP contribution in [0.15, 0.2) is 261 Å². The molecule has 1 nitrogen and oxygen atoms in total. The summed E-state index contributed by atoms with van der Waals surface area (Å²) >= 11 is 0. The van der Waals surface area contributed by atoms with E-state index in [-0.39, 0.29) is 0 Å². The predicted molar refractivity (Wildman–Crippen MR) is 277 cm³/mol. The molecule has 0 saturated heterocycles. The van der Waals surface area contributed by atoms with Crippen molar-refractivity contribution in [2.75, 3.05) is 4.90 Å². The molecule has 10 aromatic rings. The molecule has 10 aromatic carbocycles. The third-order valence-corrected chi connectivity index (χ3v) is 14.5. The molecule has 0 amide bonds. The Bertz CT molecular complexity index is 3550. The van der Waals surface area contributed by atoms with E-state index in [1.807, 2.05) is 0 Å². The maximum atomic E-state index is 2.48.